The number of halogens is 5. The molecule has 2 N–H and O–H groups in total. The standard InChI is InChI=1S/C19H14Cl2F3N3O2/c20-14-6-3-12(7-15(14)21)17(28)9-25-18-8-16(26-10-27-18)11-1-4-13(5-2-11)29-19(22,23)24/h1-8,10,17,28H,9H2,(H,25,26,27). The Hall–Kier alpha value is -2.55. The van der Waals surface area contributed by atoms with E-state index in [0.717, 1.165) is 0 Å². The molecule has 0 bridgehead atoms. The molecule has 10 heteroatoms. The van der Waals surface area contributed by atoms with Gasteiger partial charge in [0.15, 0.2) is 0 Å². The molecule has 5 nitrogen and oxygen atoms in total. The van der Waals surface area contributed by atoms with Gasteiger partial charge in [-0.15, -0.1) is 13.2 Å². The van der Waals surface area contributed by atoms with Crippen molar-refractivity contribution in [1.82, 2.24) is 9.97 Å². The molecule has 3 rings (SSSR count). The Kier molecular flexibility index (Phi) is 6.46. The van der Waals surface area contributed by atoms with Crippen LogP contribution < -0.4 is 10.1 Å². The summed E-state index contributed by atoms with van der Waals surface area (Å²) in [4.78, 5) is 8.19. The SMILES string of the molecule is OC(CNc1cc(-c2ccc(OC(F)(F)F)cc2)ncn1)c1ccc(Cl)c(Cl)c1. The predicted molar refractivity (Wildman–Crippen MR) is 104 cm³/mol. The minimum absolute atomic E-state index is 0.146. The van der Waals surface area contributed by atoms with Crippen molar-refractivity contribution in [3.63, 3.8) is 0 Å². The maximum atomic E-state index is 12.2. The molecule has 0 spiro atoms. The number of rotatable bonds is 6. The largest absolute Gasteiger partial charge is 0.573 e. The fraction of sp³-hybridized carbons (Fsp3) is 0.158. The van der Waals surface area contributed by atoms with Gasteiger partial charge < -0.3 is 15.2 Å². The first-order chi connectivity index (χ1) is 13.7. The second-order valence-corrected chi connectivity index (χ2v) is 6.75. The Morgan fingerprint density at radius 3 is 2.38 bits per heavy atom. The van der Waals surface area contributed by atoms with Crippen molar-refractivity contribution in [1.29, 1.82) is 0 Å². The number of aliphatic hydroxyl groups excluding tert-OH is 1. The van der Waals surface area contributed by atoms with Crippen LogP contribution in [0.2, 0.25) is 10.0 Å². The van der Waals surface area contributed by atoms with E-state index in [4.69, 9.17) is 23.2 Å². The van der Waals surface area contributed by atoms with E-state index in [-0.39, 0.29) is 12.3 Å². The number of aromatic nitrogens is 2. The molecule has 152 valence electrons. The van der Waals surface area contributed by atoms with Crippen LogP contribution in [-0.2, 0) is 0 Å². The zero-order chi connectivity index (χ0) is 21.0. The van der Waals surface area contributed by atoms with E-state index >= 15 is 0 Å². The van der Waals surface area contributed by atoms with Crippen LogP contribution >= 0.6 is 23.2 Å². The molecule has 0 saturated heterocycles. The van der Waals surface area contributed by atoms with E-state index in [9.17, 15) is 18.3 Å². The summed E-state index contributed by atoms with van der Waals surface area (Å²) in [6.45, 7) is 0.146. The number of benzene rings is 2. The smallest absolute Gasteiger partial charge is 0.406 e. The lowest BCUT2D eigenvalue weighted by Gasteiger charge is -2.14. The van der Waals surface area contributed by atoms with Gasteiger partial charge in [0.1, 0.15) is 17.9 Å². The van der Waals surface area contributed by atoms with Gasteiger partial charge in [-0.1, -0.05) is 29.3 Å². The molecular weight excluding hydrogens is 430 g/mol. The van der Waals surface area contributed by atoms with Crippen LogP contribution in [-0.4, -0.2) is 28.0 Å². The van der Waals surface area contributed by atoms with Gasteiger partial charge in [-0.05, 0) is 42.0 Å². The molecule has 29 heavy (non-hydrogen) atoms. The van der Waals surface area contributed by atoms with Crippen LogP contribution in [0.15, 0.2) is 54.9 Å². The summed E-state index contributed by atoms with van der Waals surface area (Å²) in [5, 5.41) is 14.0. The summed E-state index contributed by atoms with van der Waals surface area (Å²) in [7, 11) is 0. The fourth-order valence-corrected chi connectivity index (χ4v) is 2.78. The average Bonchev–Trinajstić information content (AvgIpc) is 2.68. The number of aliphatic hydroxyl groups is 1. The van der Waals surface area contributed by atoms with E-state index in [0.29, 0.717) is 32.7 Å². The lowest BCUT2D eigenvalue weighted by molar-refractivity contribution is -0.274. The molecule has 0 saturated carbocycles. The van der Waals surface area contributed by atoms with Crippen molar-refractivity contribution in [2.24, 2.45) is 0 Å². The molecule has 2 aromatic carbocycles. The van der Waals surface area contributed by atoms with Crippen LogP contribution in [0.4, 0.5) is 19.0 Å². The van der Waals surface area contributed by atoms with E-state index in [1.807, 2.05) is 0 Å². The fourth-order valence-electron chi connectivity index (χ4n) is 2.48. The second-order valence-electron chi connectivity index (χ2n) is 5.93. The molecule has 0 amide bonds. The summed E-state index contributed by atoms with van der Waals surface area (Å²) in [5.41, 5.74) is 1.65. The number of alkyl halides is 3. The molecular formula is C19H14Cl2F3N3O2. The monoisotopic (exact) mass is 443 g/mol. The molecule has 1 heterocycles. The van der Waals surface area contributed by atoms with Gasteiger partial charge in [-0.25, -0.2) is 9.97 Å². The van der Waals surface area contributed by atoms with E-state index in [2.05, 4.69) is 20.0 Å². The van der Waals surface area contributed by atoms with Crippen molar-refractivity contribution in [2.45, 2.75) is 12.5 Å². The van der Waals surface area contributed by atoms with Crippen molar-refractivity contribution in [2.75, 3.05) is 11.9 Å². The quantitative estimate of drug-likeness (QED) is 0.526. The molecule has 3 aromatic rings. The first-order valence-electron chi connectivity index (χ1n) is 8.26. The topological polar surface area (TPSA) is 67.3 Å². The molecule has 0 fully saturated rings. The van der Waals surface area contributed by atoms with Crippen LogP contribution in [0.3, 0.4) is 0 Å². The minimum Gasteiger partial charge on any atom is -0.406 e. The summed E-state index contributed by atoms with van der Waals surface area (Å²) in [5.74, 6) is 0.114. The molecule has 1 atom stereocenters. The lowest BCUT2D eigenvalue weighted by atomic mass is 10.1. The van der Waals surface area contributed by atoms with Gasteiger partial charge >= 0.3 is 6.36 Å². The van der Waals surface area contributed by atoms with Crippen molar-refractivity contribution >= 4 is 29.0 Å². The van der Waals surface area contributed by atoms with E-state index in [1.165, 1.54) is 30.6 Å². The van der Waals surface area contributed by atoms with Gasteiger partial charge in [-0.3, -0.25) is 0 Å². The third-order valence-electron chi connectivity index (χ3n) is 3.86. The second kappa shape index (κ2) is 8.86. The molecule has 0 radical (unpaired) electrons. The molecule has 0 aliphatic carbocycles. The normalized spacial score (nSPS) is 12.5. The van der Waals surface area contributed by atoms with Crippen LogP contribution in [0, 0.1) is 0 Å². The van der Waals surface area contributed by atoms with Crippen molar-refractivity contribution in [3.8, 4) is 17.0 Å². The first kappa shape index (κ1) is 21.2. The minimum atomic E-state index is -4.75. The van der Waals surface area contributed by atoms with Crippen molar-refractivity contribution in [3.05, 3.63) is 70.5 Å². The Balaban J connectivity index is 1.67. The van der Waals surface area contributed by atoms with Gasteiger partial charge in [0, 0.05) is 18.2 Å². The van der Waals surface area contributed by atoms with Gasteiger partial charge in [0.2, 0.25) is 0 Å². The number of ether oxygens (including phenoxy) is 1. The average molecular weight is 444 g/mol. The number of hydrogen-bond acceptors (Lipinski definition) is 5. The van der Waals surface area contributed by atoms with Gasteiger partial charge in [0.05, 0.1) is 21.8 Å². The van der Waals surface area contributed by atoms with E-state index in [1.54, 1.807) is 24.3 Å². The lowest BCUT2D eigenvalue weighted by Crippen LogP contribution is -2.16. The molecule has 0 aliphatic heterocycles. The zero-order valence-corrected chi connectivity index (χ0v) is 16.1. The maximum Gasteiger partial charge on any atom is 0.573 e. The highest BCUT2D eigenvalue weighted by Crippen LogP contribution is 2.27. The number of anilines is 1. The highest BCUT2D eigenvalue weighted by atomic mass is 35.5. The zero-order valence-electron chi connectivity index (χ0n) is 14.6. The highest BCUT2D eigenvalue weighted by molar-refractivity contribution is 6.42. The van der Waals surface area contributed by atoms with Gasteiger partial charge in [-0.2, -0.15) is 0 Å². The Labute approximate surface area is 174 Å². The summed E-state index contributed by atoms with van der Waals surface area (Å²) < 4.78 is 40.6. The van der Waals surface area contributed by atoms with Crippen LogP contribution in [0.5, 0.6) is 5.75 Å². The summed E-state index contributed by atoms with van der Waals surface area (Å²) in [6.07, 6.45) is -4.30. The van der Waals surface area contributed by atoms with Crippen LogP contribution in [0.1, 0.15) is 11.7 Å². The molecule has 1 aromatic heterocycles. The highest BCUT2D eigenvalue weighted by Gasteiger charge is 2.30. The summed E-state index contributed by atoms with van der Waals surface area (Å²) >= 11 is 11.8. The Bertz CT molecular complexity index is 985. The number of nitrogens with one attached hydrogen (secondary N) is 1. The first-order valence-corrected chi connectivity index (χ1v) is 9.02. The summed E-state index contributed by atoms with van der Waals surface area (Å²) in [6, 6.07) is 11.8. The number of hydrogen-bond donors (Lipinski definition) is 2. The third kappa shape index (κ3) is 5.96. The van der Waals surface area contributed by atoms with Gasteiger partial charge in [0.25, 0.3) is 0 Å². The Morgan fingerprint density at radius 2 is 1.72 bits per heavy atom. The van der Waals surface area contributed by atoms with Crippen LogP contribution in [0.25, 0.3) is 11.3 Å². The molecule has 0 aliphatic rings. The maximum absolute atomic E-state index is 12.2. The molecule has 1 unspecified atom stereocenters. The van der Waals surface area contributed by atoms with E-state index < -0.39 is 12.5 Å². The third-order valence-corrected chi connectivity index (χ3v) is 4.59. The Morgan fingerprint density at radius 1 is 1.00 bits per heavy atom. The number of nitrogens with zero attached hydrogens (tertiary/aromatic N) is 2. The van der Waals surface area contributed by atoms with Crippen molar-refractivity contribution < 1.29 is 23.0 Å². The predicted octanol–water partition coefficient (Wildman–Crippen LogP) is 5.49.